The zero-order valence-electron chi connectivity index (χ0n) is 35.0. The van der Waals surface area contributed by atoms with Crippen LogP contribution in [-0.4, -0.2) is 42.1 Å². The summed E-state index contributed by atoms with van der Waals surface area (Å²) in [4.78, 5) is 42.9. The SMILES string of the molecule is N#Cc1ccccc1-c1cc(-c2ccccn2)cn(-c2ccc3nc(N)sc3c2)c1=O.N#Cc1ccccc1-c1cc(-c2ccccn2)cn(C2=CCCN(Cc3ccccc3)C2)c1=O. The monoisotopic (exact) mass is 865 g/mol. The second-order valence-electron chi connectivity index (χ2n) is 15.3. The van der Waals surface area contributed by atoms with Gasteiger partial charge in [-0.2, -0.15) is 10.5 Å². The molecule has 2 N–H and O–H groups in total. The Hall–Kier alpha value is -8.55. The number of aromatic nitrogens is 5. The summed E-state index contributed by atoms with van der Waals surface area (Å²) in [6.45, 7) is 2.44. The molecule has 0 atom stereocenters. The third kappa shape index (κ3) is 9.03. The quantitative estimate of drug-likeness (QED) is 0.157. The number of thiazole rings is 1. The number of nitrogen functional groups attached to an aromatic ring is 1. The van der Waals surface area contributed by atoms with Crippen molar-refractivity contribution < 1.29 is 0 Å². The molecule has 6 heterocycles. The predicted octanol–water partition coefficient (Wildman–Crippen LogP) is 9.83. The Morgan fingerprint density at radius 2 is 1.20 bits per heavy atom. The fourth-order valence-electron chi connectivity index (χ4n) is 7.95. The molecule has 0 saturated heterocycles. The number of nitriles is 2. The standard InChI is InChI=1S/C29H24N4O.C24H15N5OS/c30-18-23-11-4-5-13-26(23)27-17-24(28-14-6-7-15-31-28)20-33(29(27)34)25-12-8-16-32(21-25)19-22-9-2-1-3-10-22;25-13-15-5-1-2-6-18(15)19-11-16(20-7-3-4-10-27-20)14-29(23(19)30)17-8-9-21-22(12-17)31-24(26)28-21/h1-7,9-15,17,20H,8,16,19,21H2;1-12,14H,(H2,26,28). The first-order valence-corrected chi connectivity index (χ1v) is 21.7. The molecule has 1 aliphatic heterocycles. The highest BCUT2D eigenvalue weighted by atomic mass is 32.1. The molecular formula is C53H39N9O2S. The van der Waals surface area contributed by atoms with E-state index in [9.17, 15) is 20.1 Å². The Balaban J connectivity index is 0.000000165. The molecule has 9 aromatic rings. The highest BCUT2D eigenvalue weighted by Gasteiger charge is 2.20. The molecule has 0 fully saturated rings. The summed E-state index contributed by atoms with van der Waals surface area (Å²) in [5.74, 6) is 0. The van der Waals surface area contributed by atoms with Gasteiger partial charge < -0.3 is 5.73 Å². The van der Waals surface area contributed by atoms with Crippen molar-refractivity contribution in [3.8, 4) is 62.6 Å². The number of hydrogen-bond acceptors (Lipinski definition) is 10. The molecule has 12 heteroatoms. The van der Waals surface area contributed by atoms with Gasteiger partial charge in [-0.05, 0) is 78.7 Å². The maximum atomic E-state index is 13.8. The van der Waals surface area contributed by atoms with Gasteiger partial charge in [0.05, 0.1) is 50.6 Å². The molecule has 0 amide bonds. The Labute approximate surface area is 378 Å². The van der Waals surface area contributed by atoms with E-state index < -0.39 is 0 Å². The van der Waals surface area contributed by atoms with Crippen LogP contribution in [0.25, 0.3) is 66.4 Å². The van der Waals surface area contributed by atoms with E-state index in [-0.39, 0.29) is 11.1 Å². The molecule has 0 radical (unpaired) electrons. The van der Waals surface area contributed by atoms with E-state index in [4.69, 9.17) is 5.73 Å². The minimum absolute atomic E-state index is 0.129. The molecule has 0 unspecified atom stereocenters. The summed E-state index contributed by atoms with van der Waals surface area (Å²) >= 11 is 1.37. The van der Waals surface area contributed by atoms with Crippen LogP contribution in [0.3, 0.4) is 0 Å². The van der Waals surface area contributed by atoms with Crippen molar-refractivity contribution in [1.82, 2.24) is 29.0 Å². The van der Waals surface area contributed by atoms with Crippen LogP contribution in [0, 0.1) is 22.7 Å². The van der Waals surface area contributed by atoms with E-state index in [2.05, 4.69) is 62.3 Å². The summed E-state index contributed by atoms with van der Waals surface area (Å²) < 4.78 is 4.22. The smallest absolute Gasteiger partial charge is 0.263 e. The summed E-state index contributed by atoms with van der Waals surface area (Å²) in [5.41, 5.74) is 15.4. The molecule has 0 aliphatic carbocycles. The van der Waals surface area contributed by atoms with Crippen molar-refractivity contribution >= 4 is 32.4 Å². The Morgan fingerprint density at radius 1 is 0.631 bits per heavy atom. The largest absolute Gasteiger partial charge is 0.375 e. The van der Waals surface area contributed by atoms with Crippen LogP contribution < -0.4 is 16.9 Å². The predicted molar refractivity (Wildman–Crippen MR) is 258 cm³/mol. The normalized spacial score (nSPS) is 12.4. The summed E-state index contributed by atoms with van der Waals surface area (Å²) in [7, 11) is 0. The van der Waals surface area contributed by atoms with Gasteiger partial charge in [0.2, 0.25) is 0 Å². The fourth-order valence-corrected chi connectivity index (χ4v) is 8.72. The first-order valence-electron chi connectivity index (χ1n) is 20.8. The van der Waals surface area contributed by atoms with Gasteiger partial charge in [-0.15, -0.1) is 0 Å². The van der Waals surface area contributed by atoms with Gasteiger partial charge in [0.25, 0.3) is 11.1 Å². The average Bonchev–Trinajstić information content (AvgIpc) is 3.74. The van der Waals surface area contributed by atoms with E-state index in [0.29, 0.717) is 50.7 Å². The third-order valence-corrected chi connectivity index (χ3v) is 11.9. The number of hydrogen-bond donors (Lipinski definition) is 1. The Kier molecular flexibility index (Phi) is 12.1. The highest BCUT2D eigenvalue weighted by Crippen LogP contribution is 2.30. The molecule has 65 heavy (non-hydrogen) atoms. The summed E-state index contributed by atoms with van der Waals surface area (Å²) in [5, 5.41) is 19.7. The van der Waals surface area contributed by atoms with Crippen LogP contribution in [-0.2, 0) is 6.54 Å². The summed E-state index contributed by atoms with van der Waals surface area (Å²) in [6, 6.07) is 49.7. The van der Waals surface area contributed by atoms with E-state index in [1.807, 2.05) is 97.2 Å². The number of nitrogens with zero attached hydrogens (tertiary/aromatic N) is 8. The average molecular weight is 866 g/mol. The van der Waals surface area contributed by atoms with Crippen LogP contribution in [0.5, 0.6) is 0 Å². The van der Waals surface area contributed by atoms with Crippen LogP contribution in [0.1, 0.15) is 23.1 Å². The summed E-state index contributed by atoms with van der Waals surface area (Å²) in [6.07, 6.45) is 10.1. The lowest BCUT2D eigenvalue weighted by molar-refractivity contribution is 0.292. The number of nitrogens with two attached hydrogens (primary N) is 1. The van der Waals surface area contributed by atoms with Crippen molar-refractivity contribution in [3.05, 3.63) is 214 Å². The van der Waals surface area contributed by atoms with Gasteiger partial charge in [-0.3, -0.25) is 33.6 Å². The third-order valence-electron chi connectivity index (χ3n) is 11.1. The van der Waals surface area contributed by atoms with Crippen molar-refractivity contribution in [2.45, 2.75) is 13.0 Å². The van der Waals surface area contributed by atoms with Crippen molar-refractivity contribution in [2.75, 3.05) is 18.8 Å². The maximum Gasteiger partial charge on any atom is 0.263 e. The fraction of sp³-hybridized carbons (Fsp3) is 0.0755. The van der Waals surface area contributed by atoms with Crippen molar-refractivity contribution in [2.24, 2.45) is 0 Å². The zero-order valence-corrected chi connectivity index (χ0v) is 35.8. The molecule has 10 rings (SSSR count). The zero-order chi connectivity index (χ0) is 44.7. The van der Waals surface area contributed by atoms with Gasteiger partial charge in [-0.25, -0.2) is 4.98 Å². The molecule has 0 bridgehead atoms. The van der Waals surface area contributed by atoms with E-state index in [1.54, 1.807) is 58.1 Å². The van der Waals surface area contributed by atoms with Gasteiger partial charge in [0, 0.05) is 83.5 Å². The van der Waals surface area contributed by atoms with Crippen LogP contribution in [0.4, 0.5) is 5.13 Å². The van der Waals surface area contributed by atoms with E-state index in [0.717, 1.165) is 57.9 Å². The molecule has 1 aliphatic rings. The molecule has 0 saturated carbocycles. The number of benzene rings is 4. The topological polar surface area (TPSA) is 160 Å². The lowest BCUT2D eigenvalue weighted by Gasteiger charge is -2.28. The molecule has 4 aromatic carbocycles. The molecule has 5 aromatic heterocycles. The van der Waals surface area contributed by atoms with E-state index in [1.165, 1.54) is 16.9 Å². The Morgan fingerprint density at radius 3 is 1.80 bits per heavy atom. The van der Waals surface area contributed by atoms with Crippen molar-refractivity contribution in [1.29, 1.82) is 10.5 Å². The highest BCUT2D eigenvalue weighted by molar-refractivity contribution is 7.22. The molecule has 0 spiro atoms. The van der Waals surface area contributed by atoms with Gasteiger partial charge in [0.15, 0.2) is 5.13 Å². The van der Waals surface area contributed by atoms with Crippen LogP contribution >= 0.6 is 11.3 Å². The molecule has 11 nitrogen and oxygen atoms in total. The van der Waals surface area contributed by atoms with Gasteiger partial charge in [-0.1, -0.05) is 96.3 Å². The number of anilines is 1. The first-order chi connectivity index (χ1) is 31.9. The lowest BCUT2D eigenvalue weighted by atomic mass is 9.99. The van der Waals surface area contributed by atoms with Gasteiger partial charge >= 0.3 is 0 Å². The van der Waals surface area contributed by atoms with E-state index >= 15 is 0 Å². The van der Waals surface area contributed by atoms with Crippen LogP contribution in [0.2, 0.25) is 0 Å². The lowest BCUT2D eigenvalue weighted by Crippen LogP contribution is -2.33. The minimum atomic E-state index is -0.223. The second-order valence-corrected chi connectivity index (χ2v) is 16.3. The number of rotatable bonds is 8. The van der Waals surface area contributed by atoms with Crippen LogP contribution in [0.15, 0.2) is 186 Å². The Bertz CT molecular complexity index is 3420. The van der Waals surface area contributed by atoms with Gasteiger partial charge in [0.1, 0.15) is 0 Å². The second kappa shape index (κ2) is 18.8. The molecular weight excluding hydrogens is 827 g/mol. The van der Waals surface area contributed by atoms with Crippen molar-refractivity contribution in [3.63, 3.8) is 0 Å². The molecule has 314 valence electrons. The maximum absolute atomic E-state index is 13.8. The minimum Gasteiger partial charge on any atom is -0.375 e. The number of fused-ring (bicyclic) bond motifs is 1. The number of pyridine rings is 4. The first kappa shape index (κ1) is 41.8.